The molecule has 6 nitrogen and oxygen atoms in total. The summed E-state index contributed by atoms with van der Waals surface area (Å²) in [6, 6.07) is 7.80. The molecule has 1 aromatic rings. The SMILES string of the molecule is O=C(NCCN1CCOCC1)C(=O)N1CCCc2ccccc21. The molecule has 1 N–H and O–H groups in total. The first kappa shape index (κ1) is 16.0. The highest BCUT2D eigenvalue weighted by atomic mass is 16.5. The summed E-state index contributed by atoms with van der Waals surface area (Å²) in [5.41, 5.74) is 2.00. The van der Waals surface area contributed by atoms with Gasteiger partial charge in [-0.2, -0.15) is 0 Å². The van der Waals surface area contributed by atoms with Gasteiger partial charge in [0.1, 0.15) is 0 Å². The highest BCUT2D eigenvalue weighted by molar-refractivity contribution is 6.40. The van der Waals surface area contributed by atoms with Crippen LogP contribution in [-0.2, 0) is 20.7 Å². The van der Waals surface area contributed by atoms with Gasteiger partial charge in [-0.15, -0.1) is 0 Å². The van der Waals surface area contributed by atoms with Crippen molar-refractivity contribution in [3.63, 3.8) is 0 Å². The van der Waals surface area contributed by atoms with E-state index in [4.69, 9.17) is 4.74 Å². The van der Waals surface area contributed by atoms with E-state index in [1.165, 1.54) is 0 Å². The number of hydrogen-bond donors (Lipinski definition) is 1. The molecule has 0 bridgehead atoms. The van der Waals surface area contributed by atoms with Crippen molar-refractivity contribution in [2.45, 2.75) is 12.8 Å². The van der Waals surface area contributed by atoms with Crippen LogP contribution in [0, 0.1) is 0 Å². The normalized spacial score (nSPS) is 18.3. The van der Waals surface area contributed by atoms with Crippen LogP contribution < -0.4 is 10.2 Å². The Morgan fingerprint density at radius 3 is 2.74 bits per heavy atom. The highest BCUT2D eigenvalue weighted by Gasteiger charge is 2.27. The second-order valence-electron chi connectivity index (χ2n) is 5.90. The molecule has 0 aromatic heterocycles. The van der Waals surface area contributed by atoms with Crippen molar-refractivity contribution in [1.82, 2.24) is 10.2 Å². The van der Waals surface area contributed by atoms with Crippen LogP contribution in [0.2, 0.25) is 0 Å². The van der Waals surface area contributed by atoms with E-state index in [2.05, 4.69) is 10.2 Å². The maximum Gasteiger partial charge on any atom is 0.316 e. The summed E-state index contributed by atoms with van der Waals surface area (Å²) < 4.78 is 5.29. The van der Waals surface area contributed by atoms with E-state index in [0.717, 1.165) is 56.9 Å². The lowest BCUT2D eigenvalue weighted by Gasteiger charge is -2.29. The van der Waals surface area contributed by atoms with Crippen LogP contribution in [0.15, 0.2) is 24.3 Å². The number of fused-ring (bicyclic) bond motifs is 1. The van der Waals surface area contributed by atoms with Crippen LogP contribution in [0.5, 0.6) is 0 Å². The summed E-state index contributed by atoms with van der Waals surface area (Å²) >= 11 is 0. The van der Waals surface area contributed by atoms with E-state index in [0.29, 0.717) is 13.1 Å². The van der Waals surface area contributed by atoms with E-state index >= 15 is 0 Å². The average molecular weight is 317 g/mol. The van der Waals surface area contributed by atoms with E-state index in [9.17, 15) is 9.59 Å². The summed E-state index contributed by atoms with van der Waals surface area (Å²) in [5.74, 6) is -0.978. The number of morpholine rings is 1. The van der Waals surface area contributed by atoms with Crippen LogP contribution in [0.4, 0.5) is 5.69 Å². The topological polar surface area (TPSA) is 61.9 Å². The average Bonchev–Trinajstić information content (AvgIpc) is 2.61. The molecule has 23 heavy (non-hydrogen) atoms. The quantitative estimate of drug-likeness (QED) is 0.821. The molecule has 0 saturated carbocycles. The molecule has 1 aromatic carbocycles. The van der Waals surface area contributed by atoms with Crippen LogP contribution in [0.3, 0.4) is 0 Å². The lowest BCUT2D eigenvalue weighted by molar-refractivity contribution is -0.137. The van der Waals surface area contributed by atoms with Crippen molar-refractivity contribution in [3.05, 3.63) is 29.8 Å². The molecule has 0 spiro atoms. The van der Waals surface area contributed by atoms with E-state index < -0.39 is 11.8 Å². The Morgan fingerprint density at radius 2 is 1.91 bits per heavy atom. The number of benzene rings is 1. The zero-order chi connectivity index (χ0) is 16.1. The maximum atomic E-state index is 12.4. The predicted molar refractivity (Wildman–Crippen MR) is 87.4 cm³/mol. The third kappa shape index (κ3) is 3.89. The molecule has 0 aliphatic carbocycles. The minimum Gasteiger partial charge on any atom is -0.379 e. The molecular formula is C17H23N3O3. The number of anilines is 1. The number of amides is 2. The Labute approximate surface area is 136 Å². The smallest absolute Gasteiger partial charge is 0.316 e. The van der Waals surface area contributed by atoms with Gasteiger partial charge in [0.25, 0.3) is 0 Å². The Bertz CT molecular complexity index is 570. The molecule has 2 aliphatic rings. The Morgan fingerprint density at radius 1 is 1.13 bits per heavy atom. The lowest BCUT2D eigenvalue weighted by atomic mass is 10.0. The number of carbonyl (C=O) groups excluding carboxylic acids is 2. The molecule has 2 amide bonds. The molecule has 0 atom stereocenters. The fourth-order valence-corrected chi connectivity index (χ4v) is 3.10. The number of nitrogens with zero attached hydrogens (tertiary/aromatic N) is 2. The molecule has 2 aliphatic heterocycles. The summed E-state index contributed by atoms with van der Waals surface area (Å²) in [6.07, 6.45) is 1.85. The molecule has 6 heteroatoms. The van der Waals surface area contributed by atoms with Crippen LogP contribution >= 0.6 is 0 Å². The molecule has 2 heterocycles. The first-order valence-electron chi connectivity index (χ1n) is 8.23. The van der Waals surface area contributed by atoms with E-state index in [1.807, 2.05) is 24.3 Å². The molecule has 0 radical (unpaired) electrons. The molecular weight excluding hydrogens is 294 g/mol. The molecule has 3 rings (SSSR count). The fourth-order valence-electron chi connectivity index (χ4n) is 3.10. The van der Waals surface area contributed by atoms with Crippen molar-refractivity contribution in [1.29, 1.82) is 0 Å². The van der Waals surface area contributed by atoms with Crippen LogP contribution in [-0.4, -0.2) is 62.7 Å². The van der Waals surface area contributed by atoms with Crippen molar-refractivity contribution in [2.75, 3.05) is 50.8 Å². The van der Waals surface area contributed by atoms with Crippen molar-refractivity contribution < 1.29 is 14.3 Å². The minimum absolute atomic E-state index is 0.459. The summed E-state index contributed by atoms with van der Waals surface area (Å²) in [5, 5.41) is 2.75. The zero-order valence-electron chi connectivity index (χ0n) is 13.3. The number of carbonyl (C=O) groups is 2. The Hall–Kier alpha value is -1.92. The van der Waals surface area contributed by atoms with Crippen LogP contribution in [0.1, 0.15) is 12.0 Å². The second kappa shape index (κ2) is 7.57. The van der Waals surface area contributed by atoms with Gasteiger partial charge < -0.3 is 15.0 Å². The summed E-state index contributed by atoms with van der Waals surface area (Å²) in [6.45, 7) is 5.06. The number of hydrogen-bond acceptors (Lipinski definition) is 4. The standard InChI is InChI=1S/C17H23N3O3/c21-16(18-7-9-19-10-12-23-13-11-19)17(22)20-8-3-5-14-4-1-2-6-15(14)20/h1-2,4,6H,3,5,7-13H2,(H,18,21). The summed E-state index contributed by atoms with van der Waals surface area (Å²) in [4.78, 5) is 28.4. The minimum atomic E-state index is -0.519. The number of nitrogens with one attached hydrogen (secondary N) is 1. The molecule has 0 unspecified atom stereocenters. The summed E-state index contributed by atoms with van der Waals surface area (Å²) in [7, 11) is 0. The van der Waals surface area contributed by atoms with Gasteiger partial charge in [0, 0.05) is 38.4 Å². The fraction of sp³-hybridized carbons (Fsp3) is 0.529. The number of rotatable bonds is 3. The monoisotopic (exact) mass is 317 g/mol. The van der Waals surface area contributed by atoms with Gasteiger partial charge in [-0.05, 0) is 24.5 Å². The van der Waals surface area contributed by atoms with Gasteiger partial charge in [-0.1, -0.05) is 18.2 Å². The largest absolute Gasteiger partial charge is 0.379 e. The first-order chi connectivity index (χ1) is 11.3. The van der Waals surface area contributed by atoms with Gasteiger partial charge in [-0.25, -0.2) is 0 Å². The van der Waals surface area contributed by atoms with Crippen LogP contribution in [0.25, 0.3) is 0 Å². The third-order valence-corrected chi connectivity index (χ3v) is 4.37. The Balaban J connectivity index is 1.52. The third-order valence-electron chi connectivity index (χ3n) is 4.37. The van der Waals surface area contributed by atoms with Crippen molar-refractivity contribution in [2.24, 2.45) is 0 Å². The van der Waals surface area contributed by atoms with Crippen molar-refractivity contribution in [3.8, 4) is 0 Å². The maximum absolute atomic E-state index is 12.4. The molecule has 124 valence electrons. The predicted octanol–water partition coefficient (Wildman–Crippen LogP) is 0.414. The van der Waals surface area contributed by atoms with E-state index in [-0.39, 0.29) is 0 Å². The van der Waals surface area contributed by atoms with Gasteiger partial charge in [0.15, 0.2) is 0 Å². The number of ether oxygens (including phenoxy) is 1. The highest BCUT2D eigenvalue weighted by Crippen LogP contribution is 2.26. The van der Waals surface area contributed by atoms with E-state index in [1.54, 1.807) is 4.90 Å². The Kier molecular flexibility index (Phi) is 5.25. The molecule has 1 saturated heterocycles. The van der Waals surface area contributed by atoms with Gasteiger partial charge in [0.2, 0.25) is 0 Å². The first-order valence-corrected chi connectivity index (χ1v) is 8.23. The number of para-hydroxylation sites is 1. The zero-order valence-corrected chi connectivity index (χ0v) is 13.3. The molecule has 1 fully saturated rings. The van der Waals surface area contributed by atoms with Gasteiger partial charge in [0.05, 0.1) is 13.2 Å². The van der Waals surface area contributed by atoms with Crippen molar-refractivity contribution >= 4 is 17.5 Å². The van der Waals surface area contributed by atoms with Gasteiger partial charge in [-0.3, -0.25) is 14.5 Å². The van der Waals surface area contributed by atoms with Gasteiger partial charge >= 0.3 is 11.8 Å². The number of aryl methyl sites for hydroxylation is 1. The lowest BCUT2D eigenvalue weighted by Crippen LogP contribution is -2.47. The second-order valence-corrected chi connectivity index (χ2v) is 5.90.